The van der Waals surface area contributed by atoms with Gasteiger partial charge in [-0.25, -0.2) is 0 Å². The van der Waals surface area contributed by atoms with E-state index in [9.17, 15) is 0 Å². The van der Waals surface area contributed by atoms with Crippen molar-refractivity contribution in [3.63, 3.8) is 0 Å². The van der Waals surface area contributed by atoms with Crippen molar-refractivity contribution in [2.45, 2.75) is 65.6 Å². The molecule has 2 heteroatoms. The second-order valence-corrected chi connectivity index (χ2v) is 4.33. The van der Waals surface area contributed by atoms with Crippen LogP contribution in [0.3, 0.4) is 0 Å². The third-order valence-electron chi connectivity index (χ3n) is 2.26. The summed E-state index contributed by atoms with van der Waals surface area (Å²) in [7, 11) is 0. The van der Waals surface area contributed by atoms with Crippen LogP contribution in [-0.4, -0.2) is 34.3 Å². The molecule has 0 saturated heterocycles. The summed E-state index contributed by atoms with van der Waals surface area (Å²) in [6.07, 6.45) is 2.13. The Labute approximate surface area is 93.4 Å². The lowest BCUT2D eigenvalue weighted by molar-refractivity contribution is -0.124. The van der Waals surface area contributed by atoms with Crippen LogP contribution in [-0.2, 0) is 4.74 Å². The quantitative estimate of drug-likeness (QED) is 0.608. The molecular formula is C10H22MgO. The molecule has 70 valence electrons. The molecule has 1 nitrogen and oxygen atoms in total. The molecule has 0 heterocycles. The van der Waals surface area contributed by atoms with Crippen LogP contribution >= 0.6 is 0 Å². The highest BCUT2D eigenvalue weighted by Gasteiger charge is 2.25. The summed E-state index contributed by atoms with van der Waals surface area (Å²) in [5, 5.41) is 0. The van der Waals surface area contributed by atoms with Crippen LogP contribution in [0.2, 0.25) is 0 Å². The first kappa shape index (κ1) is 15.2. The molecule has 0 fully saturated rings. The topological polar surface area (TPSA) is 9.23 Å². The molecule has 0 bridgehead atoms. The maximum absolute atomic E-state index is 5.92. The number of rotatable bonds is 4. The minimum atomic E-state index is 0. The SMILES string of the molecule is CCC(C)(C)OC(C)(C)CC.[Mg]. The summed E-state index contributed by atoms with van der Waals surface area (Å²) in [6.45, 7) is 12.9. The first-order valence-electron chi connectivity index (χ1n) is 4.53. The monoisotopic (exact) mass is 182 g/mol. The molecule has 0 amide bonds. The minimum absolute atomic E-state index is 0. The Balaban J connectivity index is 0. The summed E-state index contributed by atoms with van der Waals surface area (Å²) in [6, 6.07) is 0. The van der Waals surface area contributed by atoms with Gasteiger partial charge in [-0.2, -0.15) is 0 Å². The molecule has 0 aromatic heterocycles. The fraction of sp³-hybridized carbons (Fsp3) is 1.00. The second kappa shape index (κ2) is 5.46. The molecule has 0 spiro atoms. The summed E-state index contributed by atoms with van der Waals surface area (Å²) in [5.41, 5.74) is 0.0546. The van der Waals surface area contributed by atoms with E-state index in [-0.39, 0.29) is 34.3 Å². The van der Waals surface area contributed by atoms with Crippen molar-refractivity contribution in [2.24, 2.45) is 0 Å². The molecule has 0 aliphatic carbocycles. The lowest BCUT2D eigenvalue weighted by Gasteiger charge is -2.34. The molecule has 0 aliphatic heterocycles. The third kappa shape index (κ3) is 6.27. The van der Waals surface area contributed by atoms with Crippen LogP contribution < -0.4 is 0 Å². The van der Waals surface area contributed by atoms with Crippen LogP contribution in [0, 0.1) is 0 Å². The van der Waals surface area contributed by atoms with Crippen LogP contribution in [0.1, 0.15) is 54.4 Å². The molecule has 2 radical (unpaired) electrons. The van der Waals surface area contributed by atoms with E-state index in [0.717, 1.165) is 12.8 Å². The fourth-order valence-corrected chi connectivity index (χ4v) is 0.892. The van der Waals surface area contributed by atoms with Gasteiger partial charge >= 0.3 is 0 Å². The standard InChI is InChI=1S/C10H22O.Mg/c1-7-9(3,4)11-10(5,6)8-2;/h7-8H2,1-6H3;. The maximum Gasteiger partial charge on any atom is 0.0631 e. The molecule has 12 heavy (non-hydrogen) atoms. The van der Waals surface area contributed by atoms with Crippen LogP contribution in [0.25, 0.3) is 0 Å². The maximum atomic E-state index is 5.92. The highest BCUT2D eigenvalue weighted by molar-refractivity contribution is 5.75. The predicted molar refractivity (Wildman–Crippen MR) is 55.6 cm³/mol. The van der Waals surface area contributed by atoms with Gasteiger partial charge in [0.05, 0.1) is 11.2 Å². The highest BCUT2D eigenvalue weighted by atomic mass is 24.3. The van der Waals surface area contributed by atoms with Gasteiger partial charge in [0.2, 0.25) is 0 Å². The van der Waals surface area contributed by atoms with Crippen LogP contribution in [0.5, 0.6) is 0 Å². The summed E-state index contributed by atoms with van der Waals surface area (Å²) in [4.78, 5) is 0. The van der Waals surface area contributed by atoms with E-state index in [1.54, 1.807) is 0 Å². The average Bonchev–Trinajstić information content (AvgIpc) is 1.86. The van der Waals surface area contributed by atoms with E-state index >= 15 is 0 Å². The van der Waals surface area contributed by atoms with Gasteiger partial charge in [-0.3, -0.25) is 0 Å². The van der Waals surface area contributed by atoms with E-state index in [1.165, 1.54) is 0 Å². The van der Waals surface area contributed by atoms with Gasteiger partial charge in [-0.05, 0) is 40.5 Å². The Kier molecular flexibility index (Phi) is 6.91. The molecule has 0 saturated carbocycles. The predicted octanol–water partition coefficient (Wildman–Crippen LogP) is 3.00. The van der Waals surface area contributed by atoms with Gasteiger partial charge in [0, 0.05) is 23.1 Å². The molecule has 0 aromatic carbocycles. The van der Waals surface area contributed by atoms with Crippen molar-refractivity contribution in [3.8, 4) is 0 Å². The Hall–Kier alpha value is 0.726. The van der Waals surface area contributed by atoms with Crippen molar-refractivity contribution in [3.05, 3.63) is 0 Å². The first-order valence-corrected chi connectivity index (χ1v) is 4.53. The van der Waals surface area contributed by atoms with Crippen molar-refractivity contribution < 1.29 is 4.74 Å². The lowest BCUT2D eigenvalue weighted by Crippen LogP contribution is -2.35. The van der Waals surface area contributed by atoms with Gasteiger partial charge in [-0.1, -0.05) is 13.8 Å². The summed E-state index contributed by atoms with van der Waals surface area (Å²) in [5.74, 6) is 0. The van der Waals surface area contributed by atoms with Gasteiger partial charge in [0.25, 0.3) is 0 Å². The van der Waals surface area contributed by atoms with Crippen molar-refractivity contribution >= 4 is 23.1 Å². The number of hydrogen-bond acceptors (Lipinski definition) is 1. The normalized spacial score (nSPS) is 12.5. The van der Waals surface area contributed by atoms with Crippen molar-refractivity contribution in [1.82, 2.24) is 0 Å². The van der Waals surface area contributed by atoms with E-state index in [4.69, 9.17) is 4.74 Å². The zero-order chi connectivity index (χ0) is 9.12. The Bertz CT molecular complexity index is 105. The molecule has 0 aromatic rings. The summed E-state index contributed by atoms with van der Waals surface area (Å²) < 4.78 is 5.92. The molecule has 0 atom stereocenters. The molecule has 0 aliphatic rings. The van der Waals surface area contributed by atoms with E-state index in [1.807, 2.05) is 0 Å². The average molecular weight is 183 g/mol. The first-order chi connectivity index (χ1) is 4.83. The van der Waals surface area contributed by atoms with Gasteiger partial charge in [0.15, 0.2) is 0 Å². The smallest absolute Gasteiger partial charge is 0.0631 e. The Morgan fingerprint density at radius 3 is 1.25 bits per heavy atom. The Morgan fingerprint density at radius 2 is 1.08 bits per heavy atom. The summed E-state index contributed by atoms with van der Waals surface area (Å²) >= 11 is 0. The van der Waals surface area contributed by atoms with Gasteiger partial charge < -0.3 is 4.74 Å². The lowest BCUT2D eigenvalue weighted by atomic mass is 10.0. The molecule has 0 N–H and O–H groups in total. The minimum Gasteiger partial charge on any atom is -0.370 e. The van der Waals surface area contributed by atoms with Crippen molar-refractivity contribution in [2.75, 3.05) is 0 Å². The molecular weight excluding hydrogens is 160 g/mol. The largest absolute Gasteiger partial charge is 0.370 e. The van der Waals surface area contributed by atoms with Crippen LogP contribution in [0.15, 0.2) is 0 Å². The van der Waals surface area contributed by atoms with E-state index in [2.05, 4.69) is 41.5 Å². The fourth-order valence-electron chi connectivity index (χ4n) is 0.892. The Morgan fingerprint density at radius 1 is 0.833 bits per heavy atom. The highest BCUT2D eigenvalue weighted by Crippen LogP contribution is 2.24. The van der Waals surface area contributed by atoms with Gasteiger partial charge in [0.1, 0.15) is 0 Å². The van der Waals surface area contributed by atoms with E-state index in [0.29, 0.717) is 0 Å². The second-order valence-electron chi connectivity index (χ2n) is 4.33. The number of ether oxygens (including phenoxy) is 1. The zero-order valence-corrected chi connectivity index (χ0v) is 10.9. The van der Waals surface area contributed by atoms with Crippen LogP contribution in [0.4, 0.5) is 0 Å². The van der Waals surface area contributed by atoms with Crippen molar-refractivity contribution in [1.29, 1.82) is 0 Å². The zero-order valence-electron chi connectivity index (χ0n) is 9.53. The molecule has 0 unspecified atom stereocenters. The molecule has 0 rings (SSSR count). The third-order valence-corrected chi connectivity index (χ3v) is 2.26. The van der Waals surface area contributed by atoms with E-state index < -0.39 is 0 Å². The van der Waals surface area contributed by atoms with Gasteiger partial charge in [-0.15, -0.1) is 0 Å². The number of hydrogen-bond donors (Lipinski definition) is 0.